The van der Waals surface area contributed by atoms with Crippen LogP contribution >= 0.6 is 31.9 Å². The number of hydrogen-bond acceptors (Lipinski definition) is 2. The van der Waals surface area contributed by atoms with Crippen molar-refractivity contribution in [3.05, 3.63) is 28.2 Å². The van der Waals surface area contributed by atoms with Crippen LogP contribution in [0.3, 0.4) is 0 Å². The Morgan fingerprint density at radius 1 is 1.46 bits per heavy atom. The van der Waals surface area contributed by atoms with Crippen molar-refractivity contribution in [1.29, 1.82) is 0 Å². The van der Waals surface area contributed by atoms with Gasteiger partial charge in [-0.3, -0.25) is 4.79 Å². The lowest BCUT2D eigenvalue weighted by atomic mass is 10.1. The van der Waals surface area contributed by atoms with Gasteiger partial charge >= 0.3 is 0 Å². The Kier molecular flexibility index (Phi) is 3.93. The molecule has 0 unspecified atom stereocenters. The number of carbonyl (C=O) groups excluding carboxylic acids is 1. The minimum Gasteiger partial charge on any atom is -0.508 e. The third kappa shape index (κ3) is 2.81. The zero-order valence-electron chi connectivity index (χ0n) is 6.76. The molecule has 2 nitrogen and oxygen atoms in total. The molecule has 0 heterocycles. The maximum atomic E-state index is 11.1. The van der Waals surface area contributed by atoms with Crippen LogP contribution in [-0.4, -0.2) is 16.2 Å². The lowest BCUT2D eigenvalue weighted by Gasteiger charge is -2.04. The first-order valence-electron chi connectivity index (χ1n) is 3.69. The third-order valence-electron chi connectivity index (χ3n) is 1.62. The predicted octanol–water partition coefficient (Wildman–Crippen LogP) is 2.66. The summed E-state index contributed by atoms with van der Waals surface area (Å²) >= 11 is 6.35. The summed E-state index contributed by atoms with van der Waals surface area (Å²) in [5, 5.41) is 9.75. The number of benzene rings is 1. The number of ketones is 1. The van der Waals surface area contributed by atoms with Gasteiger partial charge in [0.25, 0.3) is 0 Å². The van der Waals surface area contributed by atoms with Crippen LogP contribution in [0.2, 0.25) is 0 Å². The van der Waals surface area contributed by atoms with Gasteiger partial charge in [-0.25, -0.2) is 0 Å². The fraction of sp³-hybridized carbons (Fsp3) is 0.222. The SMILES string of the molecule is O=C(CBr)Cc1c(O)cccc1Br. The van der Waals surface area contributed by atoms with E-state index < -0.39 is 0 Å². The number of hydrogen-bond donors (Lipinski definition) is 1. The van der Waals surface area contributed by atoms with Crippen molar-refractivity contribution < 1.29 is 9.90 Å². The molecule has 1 aromatic carbocycles. The molecule has 0 amide bonds. The second-order valence-corrected chi connectivity index (χ2v) is 4.00. The largest absolute Gasteiger partial charge is 0.508 e. The fourth-order valence-electron chi connectivity index (χ4n) is 0.967. The van der Waals surface area contributed by atoms with Gasteiger partial charge < -0.3 is 5.11 Å². The first kappa shape index (κ1) is 10.7. The smallest absolute Gasteiger partial charge is 0.147 e. The highest BCUT2D eigenvalue weighted by Gasteiger charge is 2.09. The van der Waals surface area contributed by atoms with E-state index in [1.807, 2.05) is 0 Å². The number of halogens is 2. The number of carbonyl (C=O) groups is 1. The molecule has 0 atom stereocenters. The molecule has 0 spiro atoms. The second-order valence-electron chi connectivity index (χ2n) is 2.59. The van der Waals surface area contributed by atoms with Crippen LogP contribution in [0.5, 0.6) is 5.75 Å². The molecule has 0 bridgehead atoms. The van der Waals surface area contributed by atoms with E-state index >= 15 is 0 Å². The van der Waals surface area contributed by atoms with Crippen molar-refractivity contribution >= 4 is 37.6 Å². The van der Waals surface area contributed by atoms with Gasteiger partial charge in [0.05, 0.1) is 5.33 Å². The molecule has 1 rings (SSSR count). The van der Waals surface area contributed by atoms with E-state index in [4.69, 9.17) is 0 Å². The number of alkyl halides is 1. The topological polar surface area (TPSA) is 37.3 Å². The molecule has 0 aliphatic carbocycles. The normalized spacial score (nSPS) is 10.0. The van der Waals surface area contributed by atoms with Crippen LogP contribution in [0, 0.1) is 0 Å². The van der Waals surface area contributed by atoms with E-state index in [0.717, 1.165) is 4.47 Å². The minimum atomic E-state index is 0.0437. The molecular weight excluding hydrogens is 300 g/mol. The summed E-state index contributed by atoms with van der Waals surface area (Å²) in [6, 6.07) is 5.10. The Morgan fingerprint density at radius 3 is 2.69 bits per heavy atom. The number of aromatic hydroxyl groups is 1. The number of phenols is 1. The Balaban J connectivity index is 2.93. The molecule has 0 saturated carbocycles. The van der Waals surface area contributed by atoms with Gasteiger partial charge in [-0.05, 0) is 12.1 Å². The van der Waals surface area contributed by atoms with Crippen LogP contribution in [0.15, 0.2) is 22.7 Å². The molecular formula is C9H8Br2O2. The van der Waals surface area contributed by atoms with E-state index in [-0.39, 0.29) is 18.0 Å². The highest BCUT2D eigenvalue weighted by Crippen LogP contribution is 2.26. The summed E-state index contributed by atoms with van der Waals surface area (Å²) in [6.45, 7) is 0. The van der Waals surface area contributed by atoms with E-state index in [1.54, 1.807) is 18.2 Å². The molecule has 0 fully saturated rings. The molecule has 0 radical (unpaired) electrons. The van der Waals surface area contributed by atoms with E-state index in [9.17, 15) is 9.90 Å². The fourth-order valence-corrected chi connectivity index (χ4v) is 1.66. The third-order valence-corrected chi connectivity index (χ3v) is 2.99. The molecule has 4 heteroatoms. The van der Waals surface area contributed by atoms with Gasteiger partial charge in [0.15, 0.2) is 0 Å². The average molecular weight is 308 g/mol. The minimum absolute atomic E-state index is 0.0437. The van der Waals surface area contributed by atoms with Crippen molar-refractivity contribution in [2.24, 2.45) is 0 Å². The monoisotopic (exact) mass is 306 g/mol. The zero-order valence-corrected chi connectivity index (χ0v) is 9.93. The number of rotatable bonds is 3. The van der Waals surface area contributed by atoms with Crippen LogP contribution in [0.4, 0.5) is 0 Å². The molecule has 0 aliphatic heterocycles. The lowest BCUT2D eigenvalue weighted by molar-refractivity contribution is -0.115. The lowest BCUT2D eigenvalue weighted by Crippen LogP contribution is -2.04. The quantitative estimate of drug-likeness (QED) is 0.872. The van der Waals surface area contributed by atoms with Crippen molar-refractivity contribution in [2.45, 2.75) is 6.42 Å². The zero-order chi connectivity index (χ0) is 9.84. The first-order valence-corrected chi connectivity index (χ1v) is 5.60. The van der Waals surface area contributed by atoms with Crippen LogP contribution in [-0.2, 0) is 11.2 Å². The van der Waals surface area contributed by atoms with Crippen molar-refractivity contribution in [2.75, 3.05) is 5.33 Å². The summed E-state index contributed by atoms with van der Waals surface area (Å²) in [6.07, 6.45) is 0.249. The highest BCUT2D eigenvalue weighted by molar-refractivity contribution is 9.10. The first-order chi connectivity index (χ1) is 6.15. The Morgan fingerprint density at radius 2 is 2.15 bits per heavy atom. The van der Waals surface area contributed by atoms with Crippen LogP contribution < -0.4 is 0 Å². The summed E-state index contributed by atoms with van der Waals surface area (Å²) in [4.78, 5) is 11.1. The number of phenolic OH excluding ortho intramolecular Hbond substituents is 1. The van der Waals surface area contributed by atoms with Crippen molar-refractivity contribution in [1.82, 2.24) is 0 Å². The molecule has 0 aromatic heterocycles. The molecule has 1 N–H and O–H groups in total. The van der Waals surface area contributed by atoms with Gasteiger partial charge in [0.2, 0.25) is 0 Å². The van der Waals surface area contributed by atoms with Crippen molar-refractivity contribution in [3.63, 3.8) is 0 Å². The van der Waals surface area contributed by atoms with E-state index in [0.29, 0.717) is 10.9 Å². The van der Waals surface area contributed by atoms with Crippen LogP contribution in [0.25, 0.3) is 0 Å². The van der Waals surface area contributed by atoms with Crippen molar-refractivity contribution in [3.8, 4) is 5.75 Å². The molecule has 1 aromatic rings. The standard InChI is InChI=1S/C9H8Br2O2/c10-5-6(12)4-7-8(11)2-1-3-9(7)13/h1-3,13H,4-5H2. The maximum absolute atomic E-state index is 11.1. The average Bonchev–Trinajstić information content (AvgIpc) is 2.11. The number of Topliss-reactive ketones (excluding diaryl/α,β-unsaturated/α-hetero) is 1. The highest BCUT2D eigenvalue weighted by atomic mass is 79.9. The summed E-state index contributed by atoms with van der Waals surface area (Å²) in [5.74, 6) is 0.200. The Labute approximate surface area is 93.2 Å². The maximum Gasteiger partial charge on any atom is 0.147 e. The Hall–Kier alpha value is -0.350. The second kappa shape index (κ2) is 4.77. The van der Waals surface area contributed by atoms with Gasteiger partial charge in [-0.15, -0.1) is 0 Å². The summed E-state index contributed by atoms with van der Waals surface area (Å²) < 4.78 is 0.766. The van der Waals surface area contributed by atoms with Gasteiger partial charge in [-0.2, -0.15) is 0 Å². The van der Waals surface area contributed by atoms with Gasteiger partial charge in [0.1, 0.15) is 11.5 Å². The van der Waals surface area contributed by atoms with E-state index in [1.165, 1.54) is 0 Å². The summed E-state index contributed by atoms with van der Waals surface area (Å²) in [5.41, 5.74) is 0.645. The predicted molar refractivity (Wildman–Crippen MR) is 58.3 cm³/mol. The molecule has 0 saturated heterocycles. The summed E-state index contributed by atoms with van der Waals surface area (Å²) in [7, 11) is 0. The van der Waals surface area contributed by atoms with Gasteiger partial charge in [0, 0.05) is 16.5 Å². The van der Waals surface area contributed by atoms with Crippen LogP contribution in [0.1, 0.15) is 5.56 Å². The Bertz CT molecular complexity index is 303. The molecule has 13 heavy (non-hydrogen) atoms. The molecule has 70 valence electrons. The van der Waals surface area contributed by atoms with Gasteiger partial charge in [-0.1, -0.05) is 37.9 Å². The molecule has 0 aliphatic rings. The van der Waals surface area contributed by atoms with E-state index in [2.05, 4.69) is 31.9 Å².